The molecule has 0 aliphatic carbocycles. The molecule has 0 unspecified atom stereocenters. The Morgan fingerprint density at radius 1 is 0.548 bits per heavy atom. The molecule has 19 nitrogen and oxygen atoms in total. The summed E-state index contributed by atoms with van der Waals surface area (Å²) in [5.74, 6) is 2.61. The van der Waals surface area contributed by atoms with Gasteiger partial charge in [-0.2, -0.15) is 0 Å². The Morgan fingerprint density at radius 3 is 1.40 bits per heavy atom. The van der Waals surface area contributed by atoms with E-state index in [9.17, 15) is 10.1 Å². The van der Waals surface area contributed by atoms with E-state index in [-0.39, 0.29) is 11.7 Å². The Kier molecular flexibility index (Phi) is 16.6. The molecule has 0 spiro atoms. The molecule has 7 heterocycles. The number of non-ortho nitro benzene ring substituents is 1. The van der Waals surface area contributed by atoms with E-state index in [4.69, 9.17) is 41.1 Å². The van der Waals surface area contributed by atoms with Crippen molar-refractivity contribution in [1.82, 2.24) is 60.8 Å². The molecule has 6 N–H and O–H groups in total. The number of hydrogen-bond donors (Lipinski definition) is 6. The molecule has 0 atom stereocenters. The van der Waals surface area contributed by atoms with E-state index in [1.807, 2.05) is 111 Å². The van der Waals surface area contributed by atoms with Gasteiger partial charge in [-0.3, -0.25) is 25.1 Å². The minimum absolute atomic E-state index is 0.0256. The van der Waals surface area contributed by atoms with E-state index in [0.29, 0.717) is 67.5 Å². The highest BCUT2D eigenvalue weighted by Crippen LogP contribution is 2.24. The molecule has 10 rings (SSSR count). The van der Waals surface area contributed by atoms with Crippen LogP contribution in [0.15, 0.2) is 163 Å². The number of anilines is 3. The zero-order valence-corrected chi connectivity index (χ0v) is 41.7. The van der Waals surface area contributed by atoms with E-state index < -0.39 is 4.92 Å². The van der Waals surface area contributed by atoms with Crippen LogP contribution in [0.4, 0.5) is 23.1 Å². The van der Waals surface area contributed by atoms with Crippen LogP contribution < -0.4 is 31.9 Å². The van der Waals surface area contributed by atoms with Gasteiger partial charge in [-0.25, -0.2) is 29.9 Å². The second-order valence-corrected chi connectivity index (χ2v) is 17.0. The van der Waals surface area contributed by atoms with Crippen molar-refractivity contribution in [1.29, 1.82) is 0 Å². The van der Waals surface area contributed by atoms with Crippen LogP contribution in [-0.2, 0) is 6.54 Å². The maximum absolute atomic E-state index is 10.7. The topological polar surface area (TPSA) is 244 Å². The van der Waals surface area contributed by atoms with Gasteiger partial charge < -0.3 is 36.3 Å². The maximum Gasteiger partial charge on any atom is 0.269 e. The highest BCUT2D eigenvalue weighted by molar-refractivity contribution is 7.80. The van der Waals surface area contributed by atoms with Crippen molar-refractivity contribution in [2.75, 3.05) is 23.0 Å². The summed E-state index contributed by atoms with van der Waals surface area (Å²) >= 11 is 15.6. The van der Waals surface area contributed by atoms with Gasteiger partial charge in [-0.1, -0.05) is 60.7 Å². The Bertz CT molecular complexity index is 3540. The van der Waals surface area contributed by atoms with Gasteiger partial charge in [0, 0.05) is 41.9 Å². The van der Waals surface area contributed by atoms with Crippen LogP contribution in [0, 0.1) is 10.1 Å². The number of fused-ring (bicyclic) bond motifs is 3. The van der Waals surface area contributed by atoms with E-state index >= 15 is 0 Å². The quantitative estimate of drug-likeness (QED) is 0.0424. The van der Waals surface area contributed by atoms with Gasteiger partial charge >= 0.3 is 0 Å². The van der Waals surface area contributed by atoms with Gasteiger partial charge in [0.05, 0.1) is 53.4 Å². The monoisotopic (exact) mass is 1020 g/mol. The summed E-state index contributed by atoms with van der Waals surface area (Å²) < 4.78 is 5.26. The molecule has 3 aromatic carbocycles. The lowest BCUT2D eigenvalue weighted by atomic mass is 10.1. The molecular weight excluding hydrogens is 981 g/mol. The minimum Gasteiger partial charge on any atom is -0.467 e. The number of pyridine rings is 3. The first kappa shape index (κ1) is 50.3. The number of nitro groups is 1. The van der Waals surface area contributed by atoms with Crippen molar-refractivity contribution < 1.29 is 9.34 Å². The average Bonchev–Trinajstić information content (AvgIpc) is 3.94. The SMILES string of the molecule is CC(C)NC(=S)Nc1ccc2ncc(-c3ccccc3)nc2n1.CNC(=S)Nc1ccc2ncc(-c3ccc([N+](=O)[O-])cc3)nc2n1.S=C(NCc1ccco1)Nc1ccc2ncc(-c3ccccc3)nc2n1. The van der Waals surface area contributed by atoms with Crippen LogP contribution in [-0.4, -0.2) is 78.2 Å². The lowest BCUT2D eigenvalue weighted by molar-refractivity contribution is -0.384. The van der Waals surface area contributed by atoms with Gasteiger partial charge in [-0.05, 0) is 111 Å². The first-order valence-electron chi connectivity index (χ1n) is 22.4. The number of hydrogen-bond acceptors (Lipinski definition) is 15. The second kappa shape index (κ2) is 24.1. The van der Waals surface area contributed by atoms with Gasteiger partial charge in [0.15, 0.2) is 32.3 Å². The van der Waals surface area contributed by atoms with Crippen LogP contribution >= 0.6 is 36.7 Å². The number of rotatable bonds is 10. The van der Waals surface area contributed by atoms with Crippen molar-refractivity contribution in [2.45, 2.75) is 26.4 Å². The molecule has 0 aliphatic rings. The Labute approximate surface area is 434 Å². The van der Waals surface area contributed by atoms with Gasteiger partial charge in [-0.15, -0.1) is 0 Å². The standard InChI is InChI=1S/C19H15N5OS.C17H17N5S.C15H12N6O2S/c26-19(21-11-14-7-4-10-25-14)24-17-9-8-15-18(23-17)22-16(12-20-15)13-5-2-1-3-6-13;1-11(2)19-17(23)22-15-9-8-13-16(21-15)20-14(10-18-13)12-6-4-3-5-7-12;1-16-15(24)20-13-7-6-11-14(19-13)18-12(8-17-11)9-2-4-10(5-3-9)21(22)23/h1-10,12H,11H2,(H2,21,22,23,24,26);3-11H,1-2H3,(H2,19,20,21,22,23);2-8H,1H3,(H2,16,18,19,20,24). The first-order valence-corrected chi connectivity index (χ1v) is 23.6. The van der Waals surface area contributed by atoms with Gasteiger partial charge in [0.2, 0.25) is 0 Å². The summed E-state index contributed by atoms with van der Waals surface area (Å²) in [5.41, 5.74) is 8.63. The number of aromatic nitrogens is 9. The molecule has 0 aliphatic heterocycles. The van der Waals surface area contributed by atoms with E-state index in [2.05, 4.69) is 76.8 Å². The molecule has 0 fully saturated rings. The Hall–Kier alpha value is -9.12. The minimum atomic E-state index is -0.444. The average molecular weight is 1030 g/mol. The smallest absolute Gasteiger partial charge is 0.269 e. The molecule has 10 aromatic rings. The molecule has 0 radical (unpaired) electrons. The fourth-order valence-corrected chi connectivity index (χ4v) is 7.25. The number of nitro benzene ring substituents is 1. The summed E-state index contributed by atoms with van der Waals surface area (Å²) in [4.78, 5) is 50.5. The molecule has 0 saturated heterocycles. The Morgan fingerprint density at radius 2 is 0.986 bits per heavy atom. The number of nitrogens with zero attached hydrogens (tertiary/aromatic N) is 10. The van der Waals surface area contributed by atoms with Crippen molar-refractivity contribution in [3.05, 3.63) is 174 Å². The molecule has 22 heteroatoms. The third-order valence-electron chi connectivity index (χ3n) is 10.1. The summed E-state index contributed by atoms with van der Waals surface area (Å²) in [7, 11) is 1.71. The molecular formula is C51H44N16O3S3. The van der Waals surface area contributed by atoms with E-state index in [0.717, 1.165) is 44.9 Å². The van der Waals surface area contributed by atoms with Crippen LogP contribution in [0.25, 0.3) is 67.3 Å². The molecule has 364 valence electrons. The first-order chi connectivity index (χ1) is 35.5. The van der Waals surface area contributed by atoms with Crippen molar-refractivity contribution in [3.8, 4) is 33.8 Å². The van der Waals surface area contributed by atoms with Crippen molar-refractivity contribution >= 4 is 109 Å². The van der Waals surface area contributed by atoms with Crippen LogP contribution in [0.2, 0.25) is 0 Å². The van der Waals surface area contributed by atoms with Crippen molar-refractivity contribution in [3.63, 3.8) is 0 Å². The van der Waals surface area contributed by atoms with E-state index in [1.165, 1.54) is 12.1 Å². The highest BCUT2D eigenvalue weighted by Gasteiger charge is 2.11. The molecule has 0 saturated carbocycles. The van der Waals surface area contributed by atoms with Crippen LogP contribution in [0.1, 0.15) is 19.6 Å². The van der Waals surface area contributed by atoms with Gasteiger partial charge in [0.25, 0.3) is 5.69 Å². The van der Waals surface area contributed by atoms with E-state index in [1.54, 1.807) is 56.2 Å². The Balaban J connectivity index is 0.000000146. The zero-order valence-electron chi connectivity index (χ0n) is 39.2. The molecule has 0 amide bonds. The fourth-order valence-electron chi connectivity index (χ4n) is 6.63. The third kappa shape index (κ3) is 14.0. The zero-order chi connectivity index (χ0) is 51.1. The normalized spacial score (nSPS) is 10.6. The summed E-state index contributed by atoms with van der Waals surface area (Å²) in [5, 5.41) is 30.2. The van der Waals surface area contributed by atoms with Crippen LogP contribution in [0.5, 0.6) is 0 Å². The molecule has 73 heavy (non-hydrogen) atoms. The third-order valence-corrected chi connectivity index (χ3v) is 10.9. The number of nitrogens with one attached hydrogen (secondary N) is 6. The predicted octanol–water partition coefficient (Wildman–Crippen LogP) is 9.67. The van der Waals surface area contributed by atoms with Crippen molar-refractivity contribution in [2.24, 2.45) is 0 Å². The number of thiocarbonyl (C=S) groups is 3. The summed E-state index contributed by atoms with van der Waals surface area (Å²) in [6.45, 7) is 4.56. The fraction of sp³-hybridized carbons (Fsp3) is 0.0980. The summed E-state index contributed by atoms with van der Waals surface area (Å²) in [6, 6.07) is 40.9. The number of benzene rings is 3. The van der Waals surface area contributed by atoms with Gasteiger partial charge in [0.1, 0.15) is 39.8 Å². The second-order valence-electron chi connectivity index (χ2n) is 15.8. The largest absolute Gasteiger partial charge is 0.467 e. The molecule has 7 aromatic heterocycles. The highest BCUT2D eigenvalue weighted by atomic mass is 32.1. The lowest BCUT2D eigenvalue weighted by Crippen LogP contribution is -2.34. The van der Waals surface area contributed by atoms with Crippen LogP contribution in [0.3, 0.4) is 0 Å². The predicted molar refractivity (Wildman–Crippen MR) is 297 cm³/mol. The number of furan rings is 1. The summed E-state index contributed by atoms with van der Waals surface area (Å²) in [6.07, 6.45) is 6.75. The lowest BCUT2D eigenvalue weighted by Gasteiger charge is -2.12. The maximum atomic E-state index is 10.7. The molecule has 0 bridgehead atoms.